The van der Waals surface area contributed by atoms with Crippen LogP contribution >= 0.6 is 27.5 Å². The van der Waals surface area contributed by atoms with Crippen LogP contribution in [0.1, 0.15) is 10.4 Å². The molecule has 0 aliphatic heterocycles. The van der Waals surface area contributed by atoms with Crippen molar-refractivity contribution in [3.05, 3.63) is 39.3 Å². The molecule has 0 heterocycles. The Balaban J connectivity index is 2.60. The van der Waals surface area contributed by atoms with E-state index in [4.69, 9.17) is 17.3 Å². The van der Waals surface area contributed by atoms with Crippen molar-refractivity contribution in [1.82, 2.24) is 0 Å². The number of ether oxygens (including phenoxy) is 1. The quantitative estimate of drug-likeness (QED) is 0.460. The summed E-state index contributed by atoms with van der Waals surface area (Å²) in [6, 6.07) is 3.10. The molecule has 0 aromatic heterocycles. The monoisotopic (exact) mass is 504 g/mol. The number of amides is 1. The third-order valence-electron chi connectivity index (χ3n) is 3.11. The lowest BCUT2D eigenvalue weighted by Crippen LogP contribution is -2.19. The molecule has 0 unspecified atom stereocenters. The summed E-state index contributed by atoms with van der Waals surface area (Å²) in [5.41, 5.74) is 3.29. The van der Waals surface area contributed by atoms with Gasteiger partial charge in [0.05, 0.1) is 16.3 Å². The summed E-state index contributed by atoms with van der Waals surface area (Å²) in [5.74, 6) is -4.27. The highest BCUT2D eigenvalue weighted by molar-refractivity contribution is 9.10. The number of halogens is 5. The molecule has 2 rings (SSSR count). The fourth-order valence-corrected chi connectivity index (χ4v) is 4.23. The number of rotatable bonds is 5. The van der Waals surface area contributed by atoms with E-state index in [1.165, 1.54) is 6.07 Å². The standard InChI is InChI=1S/C14H9BrClF3N2O6S/c15-5-1-8(16)12(23)10(2-5)28(25,26)21-9-4-6(27-14(17,18)19)3-7(11(9)22)13(20)24/h1-4,21-23H,(H2,20,24). The van der Waals surface area contributed by atoms with E-state index in [2.05, 4.69) is 20.7 Å². The Kier molecular flexibility index (Phi) is 5.92. The first-order chi connectivity index (χ1) is 12.7. The largest absolute Gasteiger partial charge is 0.573 e. The Morgan fingerprint density at radius 3 is 2.32 bits per heavy atom. The molecule has 0 radical (unpaired) electrons. The van der Waals surface area contributed by atoms with Crippen molar-refractivity contribution < 1.29 is 41.3 Å². The number of carbonyl (C=O) groups is 1. The van der Waals surface area contributed by atoms with Crippen LogP contribution in [-0.2, 0) is 10.0 Å². The molecule has 0 bridgehead atoms. The molecule has 0 saturated carbocycles. The first-order valence-electron chi connectivity index (χ1n) is 6.84. The molecule has 5 N–H and O–H groups in total. The van der Waals surface area contributed by atoms with Gasteiger partial charge in [-0.05, 0) is 18.2 Å². The Hall–Kier alpha value is -2.38. The van der Waals surface area contributed by atoms with Crippen LogP contribution in [0, 0.1) is 0 Å². The van der Waals surface area contributed by atoms with Crippen molar-refractivity contribution in [3.8, 4) is 17.2 Å². The molecule has 2 aromatic rings. The minimum atomic E-state index is -5.17. The Bertz CT molecular complexity index is 1060. The lowest BCUT2D eigenvalue weighted by Gasteiger charge is -2.16. The molecule has 0 aliphatic rings. The second kappa shape index (κ2) is 7.56. The number of phenolic OH excluding ortho intramolecular Hbond substituents is 1. The Labute approximate surface area is 168 Å². The number of aromatic hydroxyl groups is 2. The van der Waals surface area contributed by atoms with Gasteiger partial charge in [0, 0.05) is 10.5 Å². The number of nitrogens with two attached hydrogens (primary N) is 1. The van der Waals surface area contributed by atoms with E-state index in [0.717, 1.165) is 6.07 Å². The minimum absolute atomic E-state index is 0.159. The highest BCUT2D eigenvalue weighted by Crippen LogP contribution is 2.39. The second-order valence-corrected chi connectivity index (χ2v) is 8.09. The molecule has 0 saturated heterocycles. The number of primary amides is 1. The summed E-state index contributed by atoms with van der Waals surface area (Å²) in [6.45, 7) is 0. The normalized spacial score (nSPS) is 11.9. The zero-order valence-corrected chi connectivity index (χ0v) is 16.4. The van der Waals surface area contributed by atoms with Gasteiger partial charge in [0.25, 0.3) is 15.9 Å². The summed E-state index contributed by atoms with van der Waals surface area (Å²) in [6.07, 6.45) is -5.17. The first-order valence-corrected chi connectivity index (χ1v) is 9.50. The first kappa shape index (κ1) is 21.9. The number of hydrogen-bond acceptors (Lipinski definition) is 6. The van der Waals surface area contributed by atoms with Gasteiger partial charge in [-0.2, -0.15) is 0 Å². The predicted octanol–water partition coefficient (Wildman–Crippen LogP) is 3.31. The molecule has 0 aliphatic carbocycles. The van der Waals surface area contributed by atoms with Gasteiger partial charge in [-0.3, -0.25) is 9.52 Å². The summed E-state index contributed by atoms with van der Waals surface area (Å²) in [4.78, 5) is 10.6. The SMILES string of the molecule is NC(=O)c1cc(OC(F)(F)F)cc(NS(=O)(=O)c2cc(Br)cc(Cl)c2O)c1O. The van der Waals surface area contributed by atoms with E-state index >= 15 is 0 Å². The number of carbonyl (C=O) groups excluding carboxylic acids is 1. The van der Waals surface area contributed by atoms with Crippen LogP contribution < -0.4 is 15.2 Å². The summed E-state index contributed by atoms with van der Waals surface area (Å²) >= 11 is 8.67. The molecule has 0 atom stereocenters. The third kappa shape index (κ3) is 4.91. The highest BCUT2D eigenvalue weighted by atomic mass is 79.9. The summed E-state index contributed by atoms with van der Waals surface area (Å²) in [7, 11) is -4.68. The summed E-state index contributed by atoms with van der Waals surface area (Å²) in [5, 5.41) is 19.5. The number of benzene rings is 2. The van der Waals surface area contributed by atoms with E-state index in [1.54, 1.807) is 4.72 Å². The number of nitrogens with one attached hydrogen (secondary N) is 1. The zero-order valence-electron chi connectivity index (χ0n) is 13.2. The van der Waals surface area contributed by atoms with Gasteiger partial charge in [-0.15, -0.1) is 13.2 Å². The van der Waals surface area contributed by atoms with Crippen LogP contribution in [0.25, 0.3) is 0 Å². The molecule has 0 fully saturated rings. The van der Waals surface area contributed by atoms with E-state index in [1.807, 2.05) is 0 Å². The molecule has 0 spiro atoms. The zero-order chi connectivity index (χ0) is 21.4. The minimum Gasteiger partial charge on any atom is -0.505 e. The molecule has 2 aromatic carbocycles. The molecular formula is C14H9BrClF3N2O6S. The van der Waals surface area contributed by atoms with Crippen LogP contribution in [0.4, 0.5) is 18.9 Å². The Morgan fingerprint density at radius 2 is 1.79 bits per heavy atom. The maximum atomic E-state index is 12.5. The molecule has 1 amide bonds. The van der Waals surface area contributed by atoms with Crippen molar-refractivity contribution in [3.63, 3.8) is 0 Å². The van der Waals surface area contributed by atoms with Crippen molar-refractivity contribution in [1.29, 1.82) is 0 Å². The topological polar surface area (TPSA) is 139 Å². The lowest BCUT2D eigenvalue weighted by atomic mass is 10.1. The fraction of sp³-hybridized carbons (Fsp3) is 0.0714. The number of sulfonamides is 1. The fourth-order valence-electron chi connectivity index (χ4n) is 2.01. The number of phenols is 2. The Morgan fingerprint density at radius 1 is 1.18 bits per heavy atom. The van der Waals surface area contributed by atoms with Crippen LogP contribution in [0.3, 0.4) is 0 Å². The smallest absolute Gasteiger partial charge is 0.505 e. The molecular weight excluding hydrogens is 497 g/mol. The average Bonchev–Trinajstić information content (AvgIpc) is 2.51. The van der Waals surface area contributed by atoms with Gasteiger partial charge < -0.3 is 20.7 Å². The van der Waals surface area contributed by atoms with Gasteiger partial charge in [-0.1, -0.05) is 27.5 Å². The van der Waals surface area contributed by atoms with E-state index in [0.29, 0.717) is 12.1 Å². The average molecular weight is 506 g/mol. The van der Waals surface area contributed by atoms with Crippen LogP contribution in [0.5, 0.6) is 17.2 Å². The van der Waals surface area contributed by atoms with E-state index in [9.17, 15) is 36.6 Å². The second-order valence-electron chi connectivity index (χ2n) is 5.12. The number of anilines is 1. The molecule has 152 valence electrons. The van der Waals surface area contributed by atoms with Crippen LogP contribution in [-0.4, -0.2) is 30.9 Å². The van der Waals surface area contributed by atoms with E-state index in [-0.39, 0.29) is 9.50 Å². The third-order valence-corrected chi connectivity index (χ3v) is 5.23. The van der Waals surface area contributed by atoms with Crippen molar-refractivity contribution in [2.75, 3.05) is 4.72 Å². The summed E-state index contributed by atoms with van der Waals surface area (Å²) < 4.78 is 68.0. The van der Waals surface area contributed by atoms with Gasteiger partial charge in [0.1, 0.15) is 10.6 Å². The maximum Gasteiger partial charge on any atom is 0.573 e. The van der Waals surface area contributed by atoms with Gasteiger partial charge >= 0.3 is 6.36 Å². The highest BCUT2D eigenvalue weighted by Gasteiger charge is 2.33. The van der Waals surface area contributed by atoms with Crippen molar-refractivity contribution in [2.45, 2.75) is 11.3 Å². The van der Waals surface area contributed by atoms with Crippen molar-refractivity contribution >= 4 is 49.1 Å². The molecule has 14 heteroatoms. The lowest BCUT2D eigenvalue weighted by molar-refractivity contribution is -0.274. The number of alkyl halides is 3. The van der Waals surface area contributed by atoms with Crippen molar-refractivity contribution in [2.24, 2.45) is 5.73 Å². The van der Waals surface area contributed by atoms with Crippen LogP contribution in [0.15, 0.2) is 33.6 Å². The van der Waals surface area contributed by atoms with Gasteiger partial charge in [0.15, 0.2) is 11.5 Å². The van der Waals surface area contributed by atoms with E-state index < -0.39 is 55.7 Å². The molecule has 8 nitrogen and oxygen atoms in total. The van der Waals surface area contributed by atoms with Crippen LogP contribution in [0.2, 0.25) is 5.02 Å². The van der Waals surface area contributed by atoms with Gasteiger partial charge in [-0.25, -0.2) is 8.42 Å². The molecule has 28 heavy (non-hydrogen) atoms. The predicted molar refractivity (Wildman–Crippen MR) is 94.9 cm³/mol. The maximum absolute atomic E-state index is 12.5. The number of hydrogen-bond donors (Lipinski definition) is 4. The van der Waals surface area contributed by atoms with Gasteiger partial charge in [0.2, 0.25) is 0 Å².